The van der Waals surface area contributed by atoms with E-state index < -0.39 is 20.0 Å². The van der Waals surface area contributed by atoms with Crippen molar-refractivity contribution in [3.05, 3.63) is 36.5 Å². The van der Waals surface area contributed by atoms with Gasteiger partial charge >= 0.3 is 5.97 Å². The molecule has 0 saturated heterocycles. The maximum Gasteiger partial charge on any atom is 0.306 e. The third kappa shape index (κ3) is 51.0. The van der Waals surface area contributed by atoms with Crippen LogP contribution in [0.2, 0.25) is 0 Å². The number of phosphoric acid groups is 1. The minimum absolute atomic E-state index is 0.0215. The Morgan fingerprint density at radius 1 is 0.507 bits per heavy atom. The zero-order chi connectivity index (χ0) is 50.8. The Bertz CT molecular complexity index is 1280. The van der Waals surface area contributed by atoms with Crippen LogP contribution in [0.5, 0.6) is 0 Å². The largest absolute Gasteiger partial charge is 0.756 e. The number of likely N-dealkylation sites (N-methyl/N-ethyl adjacent to an activating group) is 1. The first kappa shape index (κ1) is 67.2. The van der Waals surface area contributed by atoms with Crippen molar-refractivity contribution < 1.29 is 37.3 Å². The predicted octanol–water partition coefficient (Wildman–Crippen LogP) is 16.9. The molecular formula is C59H113N2O7P. The third-order valence-electron chi connectivity index (χ3n) is 13.1. The molecule has 3 atom stereocenters. The molecular weight excluding hydrogens is 880 g/mol. The fourth-order valence-corrected chi connectivity index (χ4v) is 9.22. The first-order chi connectivity index (χ1) is 33.4. The minimum atomic E-state index is -4.69. The normalized spacial score (nSPS) is 14.0. The number of nitrogens with one attached hydrogen (secondary N) is 1. The van der Waals surface area contributed by atoms with Crippen molar-refractivity contribution in [1.29, 1.82) is 0 Å². The van der Waals surface area contributed by atoms with E-state index in [9.17, 15) is 19.0 Å². The van der Waals surface area contributed by atoms with E-state index in [4.69, 9.17) is 13.8 Å². The molecule has 10 heteroatoms. The second-order valence-electron chi connectivity index (χ2n) is 21.2. The van der Waals surface area contributed by atoms with Gasteiger partial charge in [-0.15, -0.1) is 0 Å². The van der Waals surface area contributed by atoms with Crippen molar-refractivity contribution in [1.82, 2.24) is 5.32 Å². The summed E-state index contributed by atoms with van der Waals surface area (Å²) >= 11 is 0. The summed E-state index contributed by atoms with van der Waals surface area (Å²) in [7, 11) is 1.19. The van der Waals surface area contributed by atoms with E-state index in [2.05, 4.69) is 50.4 Å². The second-order valence-corrected chi connectivity index (χ2v) is 22.6. The first-order valence-electron chi connectivity index (χ1n) is 29.3. The summed E-state index contributed by atoms with van der Waals surface area (Å²) in [6, 6.07) is -0.886. The summed E-state index contributed by atoms with van der Waals surface area (Å²) in [5.41, 5.74) is 0. The van der Waals surface area contributed by atoms with Gasteiger partial charge in [0.15, 0.2) is 0 Å². The maximum absolute atomic E-state index is 13.5. The van der Waals surface area contributed by atoms with Crippen molar-refractivity contribution in [2.75, 3.05) is 40.9 Å². The number of nitrogens with zero attached hydrogens (tertiary/aromatic N) is 1. The quantitative estimate of drug-likeness (QED) is 0.0212. The molecule has 1 amide bonds. The molecule has 0 bridgehead atoms. The lowest BCUT2D eigenvalue weighted by molar-refractivity contribution is -0.870. The molecule has 0 aliphatic carbocycles. The zero-order valence-electron chi connectivity index (χ0n) is 46.3. The number of esters is 1. The van der Waals surface area contributed by atoms with Gasteiger partial charge in [0, 0.05) is 12.8 Å². The lowest BCUT2D eigenvalue weighted by atomic mass is 10.0. The van der Waals surface area contributed by atoms with Crippen LogP contribution in [0.3, 0.4) is 0 Å². The Labute approximate surface area is 427 Å². The third-order valence-corrected chi connectivity index (χ3v) is 14.0. The number of ether oxygens (including phenoxy) is 1. The number of carbonyl (C=O) groups is 2. The standard InChI is InChI=1S/C59H113N2O7P/c1-7-10-13-16-19-22-25-28-30-31-32-34-37-40-43-46-49-52-59(63)68-57(50-47-44-41-38-35-27-24-21-18-15-12-9-3)56(55-67-69(64,65)66-54-53-61(4,5)6)60-58(62)51-48-45-42-39-36-33-29-26-23-20-17-14-11-8-2/h19,22,28,30,47,50,56-57H,7-18,20-21,23-27,29,31-46,48-49,51-55H2,1-6H3,(H-,60,62,64,65)/b22-19-,30-28-,50-47+. The summed E-state index contributed by atoms with van der Waals surface area (Å²) < 4.78 is 30.2. The van der Waals surface area contributed by atoms with E-state index >= 15 is 0 Å². The molecule has 69 heavy (non-hydrogen) atoms. The average molecular weight is 994 g/mol. The van der Waals surface area contributed by atoms with E-state index in [1.807, 2.05) is 33.3 Å². The van der Waals surface area contributed by atoms with E-state index in [1.165, 1.54) is 167 Å². The van der Waals surface area contributed by atoms with Crippen molar-refractivity contribution in [3.63, 3.8) is 0 Å². The summed E-state index contributed by atoms with van der Waals surface area (Å²) in [6.07, 6.45) is 58.1. The molecule has 0 aliphatic heterocycles. The van der Waals surface area contributed by atoms with Gasteiger partial charge in [-0.25, -0.2) is 0 Å². The zero-order valence-corrected chi connectivity index (χ0v) is 47.2. The van der Waals surface area contributed by atoms with Gasteiger partial charge in [0.2, 0.25) is 5.91 Å². The van der Waals surface area contributed by atoms with Crippen LogP contribution in [0.25, 0.3) is 0 Å². The molecule has 0 aliphatic rings. The molecule has 0 aromatic heterocycles. The van der Waals surface area contributed by atoms with Crippen molar-refractivity contribution in [2.45, 2.75) is 290 Å². The molecule has 0 saturated carbocycles. The van der Waals surface area contributed by atoms with Crippen molar-refractivity contribution in [3.8, 4) is 0 Å². The summed E-state index contributed by atoms with van der Waals surface area (Å²) in [6.45, 7) is 6.83. The van der Waals surface area contributed by atoms with E-state index in [-0.39, 0.29) is 31.5 Å². The number of phosphoric ester groups is 1. The Morgan fingerprint density at radius 2 is 0.884 bits per heavy atom. The fraction of sp³-hybridized carbons (Fsp3) is 0.864. The van der Waals surface area contributed by atoms with Crippen molar-refractivity contribution >= 4 is 19.7 Å². The van der Waals surface area contributed by atoms with Gasteiger partial charge in [-0.1, -0.05) is 237 Å². The molecule has 0 radical (unpaired) electrons. The van der Waals surface area contributed by atoms with Gasteiger partial charge in [-0.3, -0.25) is 14.2 Å². The topological polar surface area (TPSA) is 114 Å². The molecule has 0 fully saturated rings. The van der Waals surface area contributed by atoms with Crippen LogP contribution in [0.15, 0.2) is 36.5 Å². The average Bonchev–Trinajstić information content (AvgIpc) is 3.31. The van der Waals surface area contributed by atoms with E-state index in [0.29, 0.717) is 17.4 Å². The molecule has 406 valence electrons. The number of quaternary nitrogens is 1. The van der Waals surface area contributed by atoms with Gasteiger partial charge in [0.25, 0.3) is 7.82 Å². The molecule has 0 rings (SSSR count). The Kier molecular flexibility index (Phi) is 48.5. The fourth-order valence-electron chi connectivity index (χ4n) is 8.49. The Balaban J connectivity index is 5.32. The number of amides is 1. The smallest absolute Gasteiger partial charge is 0.306 e. The van der Waals surface area contributed by atoms with Gasteiger partial charge in [-0.2, -0.15) is 0 Å². The number of hydrogen-bond donors (Lipinski definition) is 1. The second kappa shape index (κ2) is 49.8. The highest BCUT2D eigenvalue weighted by molar-refractivity contribution is 7.45. The number of hydrogen-bond acceptors (Lipinski definition) is 7. The van der Waals surface area contributed by atoms with Crippen LogP contribution in [0.4, 0.5) is 0 Å². The lowest BCUT2D eigenvalue weighted by Gasteiger charge is -2.30. The number of rotatable bonds is 53. The van der Waals surface area contributed by atoms with Gasteiger partial charge in [-0.05, 0) is 63.9 Å². The van der Waals surface area contributed by atoms with Crippen LogP contribution in [0.1, 0.15) is 278 Å². The van der Waals surface area contributed by atoms with Gasteiger partial charge in [0.05, 0.1) is 33.8 Å². The SMILES string of the molecule is CCCCC/C=C\C/C=C\CCCCCCCCCC(=O)OC(/C=C/CCCCCCCCCCCC)C(COP(=O)([O-])OCC[N+](C)(C)C)NC(=O)CCCCCCCCCCCCCCCC. The molecule has 0 aromatic rings. The summed E-state index contributed by atoms with van der Waals surface area (Å²) in [5.74, 6) is -0.540. The Morgan fingerprint density at radius 3 is 1.33 bits per heavy atom. The highest BCUT2D eigenvalue weighted by Crippen LogP contribution is 2.38. The number of allylic oxidation sites excluding steroid dienone is 5. The molecule has 0 aromatic carbocycles. The van der Waals surface area contributed by atoms with Gasteiger partial charge < -0.3 is 28.5 Å². The summed E-state index contributed by atoms with van der Waals surface area (Å²) in [5, 5.41) is 3.02. The molecule has 3 unspecified atom stereocenters. The van der Waals surface area contributed by atoms with Crippen LogP contribution >= 0.6 is 7.82 Å². The van der Waals surface area contributed by atoms with E-state index in [0.717, 1.165) is 77.0 Å². The van der Waals surface area contributed by atoms with Crippen LogP contribution in [-0.2, 0) is 27.9 Å². The molecule has 0 spiro atoms. The van der Waals surface area contributed by atoms with E-state index in [1.54, 1.807) is 0 Å². The lowest BCUT2D eigenvalue weighted by Crippen LogP contribution is -2.47. The number of carbonyl (C=O) groups excluding carboxylic acids is 2. The molecule has 1 N–H and O–H groups in total. The summed E-state index contributed by atoms with van der Waals surface area (Å²) in [4.78, 5) is 39.8. The predicted molar refractivity (Wildman–Crippen MR) is 293 cm³/mol. The van der Waals surface area contributed by atoms with Crippen LogP contribution < -0.4 is 10.2 Å². The highest BCUT2D eigenvalue weighted by Gasteiger charge is 2.27. The maximum atomic E-state index is 13.5. The monoisotopic (exact) mass is 993 g/mol. The molecule has 0 heterocycles. The first-order valence-corrected chi connectivity index (χ1v) is 30.8. The minimum Gasteiger partial charge on any atom is -0.756 e. The van der Waals surface area contributed by atoms with Gasteiger partial charge in [0.1, 0.15) is 19.3 Å². The Hall–Kier alpha value is -1.77. The highest BCUT2D eigenvalue weighted by atomic mass is 31.2. The van der Waals surface area contributed by atoms with Crippen LogP contribution in [0, 0.1) is 0 Å². The van der Waals surface area contributed by atoms with Crippen LogP contribution in [-0.4, -0.2) is 69.4 Å². The van der Waals surface area contributed by atoms with Crippen molar-refractivity contribution in [2.24, 2.45) is 0 Å². The number of unbranched alkanes of at least 4 members (excludes halogenated alkanes) is 33. The molecule has 9 nitrogen and oxygen atoms in total.